The standard InChI is InChI=1S/C17H19N3O2.Ni/c1-12-11-15(22-2)7-8-16(12)13-3-5-14(6-4-13)17(20-18)19-9-10-21;/h1,3-8,11,21H,9-10,18H2,2H3,(H,19,20);. The van der Waals surface area contributed by atoms with E-state index in [1.54, 1.807) is 12.1 Å². The molecular formula is C17H19N3NiO2. The second-order valence-corrected chi connectivity index (χ2v) is 5.01. The molecule has 0 saturated carbocycles. The van der Waals surface area contributed by atoms with Gasteiger partial charge in [-0.3, -0.25) is 0 Å². The van der Waals surface area contributed by atoms with Gasteiger partial charge < -0.3 is 0 Å². The maximum atomic E-state index is 8.85. The van der Waals surface area contributed by atoms with Crippen LogP contribution >= 0.6 is 0 Å². The van der Waals surface area contributed by atoms with Gasteiger partial charge in [-0.05, 0) is 0 Å². The van der Waals surface area contributed by atoms with Crippen molar-refractivity contribution in [1.82, 2.24) is 5.43 Å². The number of nitrogens with two attached hydrogens (primary N) is 1. The molecule has 6 heteroatoms. The van der Waals surface area contributed by atoms with Crippen LogP contribution in [0.4, 0.5) is 0 Å². The molecule has 0 atom stereocenters. The van der Waals surface area contributed by atoms with Gasteiger partial charge in [-0.15, -0.1) is 0 Å². The third kappa shape index (κ3) is 4.26. The quantitative estimate of drug-likeness (QED) is 0.239. The summed E-state index contributed by atoms with van der Waals surface area (Å²) in [6.45, 7) is 0.282. The number of amidine groups is 1. The van der Waals surface area contributed by atoms with Crippen molar-refractivity contribution in [2.24, 2.45) is 10.8 Å². The number of nitrogens with zero attached hydrogens (tertiary/aromatic N) is 1. The molecule has 2 aromatic carbocycles. The molecule has 0 radical (unpaired) electrons. The number of aliphatic hydroxyl groups is 1. The van der Waals surface area contributed by atoms with Crippen LogP contribution in [0.1, 0.15) is 11.1 Å². The Hall–Kier alpha value is -2.01. The Balaban J connectivity index is 2.34. The average Bonchev–Trinajstić information content (AvgIpc) is 2.62. The van der Waals surface area contributed by atoms with Crippen molar-refractivity contribution in [2.45, 2.75) is 0 Å². The van der Waals surface area contributed by atoms with E-state index in [0.717, 1.165) is 28.0 Å². The van der Waals surface area contributed by atoms with Crippen molar-refractivity contribution in [3.8, 4) is 16.9 Å². The van der Waals surface area contributed by atoms with Gasteiger partial charge in [0.05, 0.1) is 0 Å². The van der Waals surface area contributed by atoms with Gasteiger partial charge in [-0.1, -0.05) is 0 Å². The fraction of sp³-hybridized carbons (Fsp3) is 0.176. The van der Waals surface area contributed by atoms with Crippen LogP contribution in [0.5, 0.6) is 5.75 Å². The number of hydrazine groups is 1. The molecule has 0 aromatic heterocycles. The normalized spacial score (nSPS) is 11.3. The SMILES string of the molecule is COc1ccc(-c2ccc(C(=NCCO)NN)cc2)c([CH]=[Ni])c1. The Morgan fingerprint density at radius 3 is 2.61 bits per heavy atom. The van der Waals surface area contributed by atoms with Crippen molar-refractivity contribution in [3.05, 3.63) is 53.6 Å². The molecule has 4 N–H and O–H groups in total. The molecule has 0 aliphatic rings. The summed E-state index contributed by atoms with van der Waals surface area (Å²) in [4.78, 5) is 5.86. The van der Waals surface area contributed by atoms with Crippen LogP contribution in [0.2, 0.25) is 0 Å². The molecule has 0 bridgehead atoms. The second-order valence-electron chi connectivity index (χ2n) is 4.72. The van der Waals surface area contributed by atoms with Crippen LogP contribution in [-0.2, 0) is 15.0 Å². The predicted octanol–water partition coefficient (Wildman–Crippen LogP) is 1.26. The van der Waals surface area contributed by atoms with E-state index in [4.69, 9.17) is 30.7 Å². The number of rotatable bonds is 6. The zero-order valence-electron chi connectivity index (χ0n) is 12.7. The van der Waals surface area contributed by atoms with Gasteiger partial charge in [0.25, 0.3) is 0 Å². The number of aliphatic imine (C=N–C) groups is 1. The summed E-state index contributed by atoms with van der Waals surface area (Å²) >= 11 is 4.79. The van der Waals surface area contributed by atoms with E-state index in [1.807, 2.05) is 42.5 Å². The summed E-state index contributed by atoms with van der Waals surface area (Å²) < 4.78 is 5.23. The van der Waals surface area contributed by atoms with Crippen LogP contribution in [-0.4, -0.2) is 36.2 Å². The molecule has 5 nitrogen and oxygen atoms in total. The molecule has 0 saturated heterocycles. The van der Waals surface area contributed by atoms with E-state index in [-0.39, 0.29) is 6.61 Å². The van der Waals surface area contributed by atoms with Crippen LogP contribution in [0.3, 0.4) is 0 Å². The summed E-state index contributed by atoms with van der Waals surface area (Å²) in [5.41, 5.74) is 6.43. The maximum absolute atomic E-state index is 8.85. The van der Waals surface area contributed by atoms with Gasteiger partial charge in [-0.2, -0.15) is 0 Å². The molecule has 0 heterocycles. The molecule has 0 aliphatic carbocycles. The van der Waals surface area contributed by atoms with Crippen LogP contribution in [0, 0.1) is 0 Å². The molecule has 0 unspecified atom stereocenters. The Morgan fingerprint density at radius 1 is 1.30 bits per heavy atom. The van der Waals surface area contributed by atoms with Gasteiger partial charge in [0, 0.05) is 0 Å². The fourth-order valence-corrected chi connectivity index (χ4v) is 2.43. The molecular weight excluding hydrogens is 337 g/mol. The van der Waals surface area contributed by atoms with Gasteiger partial charge in [0.1, 0.15) is 0 Å². The summed E-state index contributed by atoms with van der Waals surface area (Å²) in [5, 5.41) is 8.85. The average molecular weight is 356 g/mol. The molecule has 0 spiro atoms. The third-order valence-electron chi connectivity index (χ3n) is 3.33. The van der Waals surface area contributed by atoms with Gasteiger partial charge in [-0.25, -0.2) is 0 Å². The van der Waals surface area contributed by atoms with Crippen LogP contribution in [0.25, 0.3) is 11.1 Å². The number of aliphatic hydroxyl groups excluding tert-OH is 1. The molecule has 0 amide bonds. The number of hydrogen-bond acceptors (Lipinski definition) is 4. The molecule has 2 aromatic rings. The van der Waals surface area contributed by atoms with Crippen molar-refractivity contribution >= 4 is 10.8 Å². The second kappa shape index (κ2) is 8.58. The van der Waals surface area contributed by atoms with Crippen LogP contribution in [0.15, 0.2) is 47.5 Å². The Morgan fingerprint density at radius 2 is 2.04 bits per heavy atom. The van der Waals surface area contributed by atoms with E-state index >= 15 is 0 Å². The monoisotopic (exact) mass is 355 g/mol. The summed E-state index contributed by atoms with van der Waals surface area (Å²) in [6, 6.07) is 13.6. The fourth-order valence-electron chi connectivity index (χ4n) is 2.20. The van der Waals surface area contributed by atoms with E-state index in [1.165, 1.54) is 0 Å². The van der Waals surface area contributed by atoms with Crippen molar-refractivity contribution in [3.63, 3.8) is 0 Å². The van der Waals surface area contributed by atoms with E-state index in [2.05, 4.69) is 10.4 Å². The van der Waals surface area contributed by atoms with Crippen LogP contribution < -0.4 is 16.0 Å². The molecule has 0 aliphatic heterocycles. The first-order chi connectivity index (χ1) is 11.2. The summed E-state index contributed by atoms with van der Waals surface area (Å²) in [7, 11) is 1.63. The van der Waals surface area contributed by atoms with Crippen molar-refractivity contribution < 1.29 is 24.9 Å². The predicted molar refractivity (Wildman–Crippen MR) is 89.4 cm³/mol. The van der Waals surface area contributed by atoms with Crippen molar-refractivity contribution in [1.29, 1.82) is 0 Å². The number of ether oxygens (including phenoxy) is 1. The van der Waals surface area contributed by atoms with Gasteiger partial charge in [0.15, 0.2) is 0 Å². The minimum absolute atomic E-state index is 0.0195. The number of hydrogen-bond donors (Lipinski definition) is 3. The summed E-state index contributed by atoms with van der Waals surface area (Å²) in [6.07, 6.45) is 0. The topological polar surface area (TPSA) is 79.9 Å². The molecule has 124 valence electrons. The first kappa shape index (κ1) is 17.3. The van der Waals surface area contributed by atoms with Crippen molar-refractivity contribution in [2.75, 3.05) is 20.3 Å². The number of methoxy groups -OCH3 is 1. The van der Waals surface area contributed by atoms with Gasteiger partial charge in [0.2, 0.25) is 0 Å². The number of benzene rings is 2. The molecule has 2 rings (SSSR count). The minimum atomic E-state index is -0.0195. The van der Waals surface area contributed by atoms with E-state index in [0.29, 0.717) is 12.4 Å². The Bertz CT molecular complexity index is 699. The first-order valence-corrected chi connectivity index (χ1v) is 7.61. The zero-order chi connectivity index (χ0) is 16.7. The first-order valence-electron chi connectivity index (χ1n) is 7.04. The summed E-state index contributed by atoms with van der Waals surface area (Å²) in [5.74, 6) is 6.80. The molecule has 23 heavy (non-hydrogen) atoms. The number of nitrogens with one attached hydrogen (secondary N) is 1. The van der Waals surface area contributed by atoms with Gasteiger partial charge >= 0.3 is 143 Å². The van der Waals surface area contributed by atoms with E-state index < -0.39 is 0 Å². The third-order valence-corrected chi connectivity index (χ3v) is 3.64. The molecule has 0 fully saturated rings. The Labute approximate surface area is 143 Å². The van der Waals surface area contributed by atoms with E-state index in [9.17, 15) is 0 Å². The zero-order valence-corrected chi connectivity index (χ0v) is 13.7. The Kier molecular flexibility index (Phi) is 6.47.